The summed E-state index contributed by atoms with van der Waals surface area (Å²) in [6.45, 7) is 4.96. The number of thiazole rings is 1. The second kappa shape index (κ2) is 7.21. The molecular weight excluding hydrogens is 322 g/mol. The molecule has 0 bridgehead atoms. The molecule has 1 aromatic carbocycles. The van der Waals surface area contributed by atoms with E-state index in [9.17, 15) is 8.42 Å². The first-order chi connectivity index (χ1) is 10.4. The molecule has 2 rings (SSSR count). The normalized spacial score (nSPS) is 12.8. The predicted molar refractivity (Wildman–Crippen MR) is 88.3 cm³/mol. The number of hydrogen-bond donors (Lipinski definition) is 1. The van der Waals surface area contributed by atoms with Gasteiger partial charge in [0.15, 0.2) is 6.54 Å². The lowest BCUT2D eigenvalue weighted by atomic mass is 10.3. The number of aromatic nitrogens is 1. The standard InChI is InChI=1S/C15H19NO4S2/c1-3-20-12(2)11-15-16(9-6-10-22(17,18)19)13-7-4-5-8-14(13)21-15/h4-5,7-8,11H,3,6,9-10H2,1-2H3/p+1/b12-11+. The van der Waals surface area contributed by atoms with Gasteiger partial charge in [-0.15, -0.1) is 0 Å². The summed E-state index contributed by atoms with van der Waals surface area (Å²) >= 11 is 1.63. The predicted octanol–water partition coefficient (Wildman–Crippen LogP) is 2.86. The highest BCUT2D eigenvalue weighted by Gasteiger charge is 2.19. The van der Waals surface area contributed by atoms with Crippen LogP contribution in [0.3, 0.4) is 0 Å². The maximum Gasteiger partial charge on any atom is 0.266 e. The fourth-order valence-electron chi connectivity index (χ4n) is 2.24. The zero-order valence-corrected chi connectivity index (χ0v) is 14.3. The Balaban J connectivity index is 2.34. The van der Waals surface area contributed by atoms with Crippen molar-refractivity contribution in [2.45, 2.75) is 26.8 Å². The van der Waals surface area contributed by atoms with Gasteiger partial charge in [0.1, 0.15) is 10.5 Å². The van der Waals surface area contributed by atoms with Crippen molar-refractivity contribution in [3.8, 4) is 0 Å². The third-order valence-electron chi connectivity index (χ3n) is 3.12. The van der Waals surface area contributed by atoms with E-state index in [-0.39, 0.29) is 5.75 Å². The second-order valence-electron chi connectivity index (χ2n) is 4.89. The van der Waals surface area contributed by atoms with Crippen LogP contribution >= 0.6 is 11.3 Å². The van der Waals surface area contributed by atoms with E-state index in [1.807, 2.05) is 44.2 Å². The van der Waals surface area contributed by atoms with E-state index in [1.54, 1.807) is 11.3 Å². The molecule has 120 valence electrons. The molecule has 2 aromatic rings. The maximum absolute atomic E-state index is 10.9. The zero-order chi connectivity index (χ0) is 16.2. The molecule has 0 aliphatic carbocycles. The lowest BCUT2D eigenvalue weighted by Crippen LogP contribution is -2.36. The van der Waals surface area contributed by atoms with Gasteiger partial charge in [0.25, 0.3) is 15.1 Å². The molecule has 0 amide bonds. The van der Waals surface area contributed by atoms with Crippen molar-refractivity contribution in [2.75, 3.05) is 12.4 Å². The molecule has 0 radical (unpaired) electrons. The summed E-state index contributed by atoms with van der Waals surface area (Å²) in [7, 11) is -3.93. The molecular formula is C15H20NO4S2+. The molecule has 0 fully saturated rings. The first-order valence-electron chi connectivity index (χ1n) is 7.08. The first-order valence-corrected chi connectivity index (χ1v) is 9.51. The van der Waals surface area contributed by atoms with Crippen LogP contribution in [0.15, 0.2) is 30.0 Å². The average molecular weight is 342 g/mol. The highest BCUT2D eigenvalue weighted by atomic mass is 32.2. The van der Waals surface area contributed by atoms with E-state index < -0.39 is 10.1 Å². The quantitative estimate of drug-likeness (QED) is 0.477. The molecule has 0 unspecified atom stereocenters. The SMILES string of the molecule is CCO/C(C)=C/c1sc2ccccc2[n+]1CCCS(=O)(=O)O. The number of nitrogens with zero attached hydrogens (tertiary/aromatic N) is 1. The zero-order valence-electron chi connectivity index (χ0n) is 12.7. The summed E-state index contributed by atoms with van der Waals surface area (Å²) in [4.78, 5) is 0. The van der Waals surface area contributed by atoms with Gasteiger partial charge >= 0.3 is 0 Å². The van der Waals surface area contributed by atoms with E-state index in [0.717, 1.165) is 21.0 Å². The largest absolute Gasteiger partial charge is 0.498 e. The minimum atomic E-state index is -3.93. The van der Waals surface area contributed by atoms with E-state index >= 15 is 0 Å². The topological polar surface area (TPSA) is 67.5 Å². The number of fused-ring (bicyclic) bond motifs is 1. The Morgan fingerprint density at radius 1 is 1.41 bits per heavy atom. The van der Waals surface area contributed by atoms with Gasteiger partial charge in [-0.3, -0.25) is 4.55 Å². The van der Waals surface area contributed by atoms with Crippen molar-refractivity contribution in [1.82, 2.24) is 0 Å². The van der Waals surface area contributed by atoms with Crippen molar-refractivity contribution in [2.24, 2.45) is 0 Å². The molecule has 5 nitrogen and oxygen atoms in total. The number of para-hydroxylation sites is 1. The summed E-state index contributed by atoms with van der Waals surface area (Å²) in [5.74, 6) is 0.579. The molecule has 0 spiro atoms. The fraction of sp³-hybridized carbons (Fsp3) is 0.400. The van der Waals surface area contributed by atoms with Crippen molar-refractivity contribution < 1.29 is 22.3 Å². The molecule has 0 saturated carbocycles. The van der Waals surface area contributed by atoms with Crippen LogP contribution in [0.5, 0.6) is 0 Å². The van der Waals surface area contributed by atoms with Gasteiger partial charge in [0.05, 0.1) is 18.4 Å². The number of rotatable bonds is 7. The lowest BCUT2D eigenvalue weighted by Gasteiger charge is -2.01. The van der Waals surface area contributed by atoms with Gasteiger partial charge < -0.3 is 4.74 Å². The first kappa shape index (κ1) is 16.9. The van der Waals surface area contributed by atoms with Crippen LogP contribution in [0.1, 0.15) is 25.3 Å². The Hall–Kier alpha value is -1.44. The van der Waals surface area contributed by atoms with Crippen molar-refractivity contribution in [1.29, 1.82) is 0 Å². The van der Waals surface area contributed by atoms with Gasteiger partial charge in [-0.05, 0) is 19.9 Å². The molecule has 22 heavy (non-hydrogen) atoms. The van der Waals surface area contributed by atoms with Gasteiger partial charge in [-0.25, -0.2) is 0 Å². The van der Waals surface area contributed by atoms with Crippen LogP contribution in [0.2, 0.25) is 0 Å². The Bertz CT molecular complexity index is 778. The highest BCUT2D eigenvalue weighted by Crippen LogP contribution is 2.22. The van der Waals surface area contributed by atoms with Gasteiger partial charge in [-0.2, -0.15) is 13.0 Å². The van der Waals surface area contributed by atoms with Crippen LogP contribution in [0.25, 0.3) is 16.3 Å². The number of allylic oxidation sites excluding steroid dienone is 1. The minimum absolute atomic E-state index is 0.238. The third kappa shape index (κ3) is 4.53. The van der Waals surface area contributed by atoms with Crippen LogP contribution in [-0.2, 0) is 21.4 Å². The van der Waals surface area contributed by atoms with E-state index in [2.05, 4.69) is 4.57 Å². The Morgan fingerprint density at radius 2 is 2.14 bits per heavy atom. The van der Waals surface area contributed by atoms with Crippen molar-refractivity contribution in [3.05, 3.63) is 35.0 Å². The molecule has 7 heteroatoms. The molecule has 1 aromatic heterocycles. The van der Waals surface area contributed by atoms with Crippen molar-refractivity contribution in [3.63, 3.8) is 0 Å². The minimum Gasteiger partial charge on any atom is -0.498 e. The summed E-state index contributed by atoms with van der Waals surface area (Å²) in [5.41, 5.74) is 1.05. The lowest BCUT2D eigenvalue weighted by molar-refractivity contribution is -0.668. The molecule has 0 aliphatic rings. The van der Waals surface area contributed by atoms with E-state index in [1.165, 1.54) is 0 Å². The smallest absolute Gasteiger partial charge is 0.266 e. The van der Waals surface area contributed by atoms with E-state index in [0.29, 0.717) is 19.6 Å². The van der Waals surface area contributed by atoms with Crippen LogP contribution in [0.4, 0.5) is 0 Å². The number of hydrogen-bond acceptors (Lipinski definition) is 4. The summed E-state index contributed by atoms with van der Waals surface area (Å²) in [6.07, 6.45) is 2.32. The second-order valence-corrected chi connectivity index (χ2v) is 7.52. The molecule has 1 N–H and O–H groups in total. The summed E-state index contributed by atoms with van der Waals surface area (Å²) < 4.78 is 39.3. The number of benzene rings is 1. The van der Waals surface area contributed by atoms with Crippen LogP contribution < -0.4 is 4.57 Å². The maximum atomic E-state index is 10.9. The van der Waals surface area contributed by atoms with Gasteiger partial charge in [0.2, 0.25) is 5.52 Å². The number of ether oxygens (including phenoxy) is 1. The van der Waals surface area contributed by atoms with Gasteiger partial charge in [-0.1, -0.05) is 23.5 Å². The monoisotopic (exact) mass is 342 g/mol. The van der Waals surface area contributed by atoms with Crippen LogP contribution in [-0.4, -0.2) is 25.3 Å². The highest BCUT2D eigenvalue weighted by molar-refractivity contribution is 7.85. The van der Waals surface area contributed by atoms with Crippen LogP contribution in [0, 0.1) is 0 Å². The fourth-order valence-corrected chi connectivity index (χ4v) is 3.91. The molecule has 1 heterocycles. The third-order valence-corrected chi connectivity index (χ3v) is 5.04. The Morgan fingerprint density at radius 3 is 2.82 bits per heavy atom. The molecule has 0 aliphatic heterocycles. The summed E-state index contributed by atoms with van der Waals surface area (Å²) in [6, 6.07) is 7.97. The van der Waals surface area contributed by atoms with E-state index in [4.69, 9.17) is 9.29 Å². The summed E-state index contributed by atoms with van der Waals surface area (Å²) in [5, 5.41) is 1.00. The van der Waals surface area contributed by atoms with Gasteiger partial charge in [0, 0.05) is 12.5 Å². The Kier molecular flexibility index (Phi) is 5.55. The van der Waals surface area contributed by atoms with Crippen molar-refractivity contribution >= 4 is 37.7 Å². The molecule has 0 saturated heterocycles. The number of aryl methyl sites for hydroxylation is 1. The average Bonchev–Trinajstić information content (AvgIpc) is 2.76. The Labute approximate surface area is 134 Å². The molecule has 0 atom stereocenters.